The molecule has 1 heterocycles. The topological polar surface area (TPSA) is 98.4 Å². The fraction of sp³-hybridized carbons (Fsp3) is 0.231. The van der Waals surface area contributed by atoms with E-state index in [0.717, 1.165) is 5.56 Å². The minimum atomic E-state index is -0.353. The van der Waals surface area contributed by atoms with E-state index in [9.17, 15) is 9.59 Å². The van der Waals surface area contributed by atoms with Crippen molar-refractivity contribution in [1.82, 2.24) is 4.90 Å². The number of benzene rings is 3. The summed E-state index contributed by atoms with van der Waals surface area (Å²) in [5.74, 6) is 1.86. The van der Waals surface area contributed by atoms with E-state index in [-0.39, 0.29) is 25.2 Å². The number of nitrogens with one attached hydrogen (secondary N) is 2. The molecule has 9 nitrogen and oxygen atoms in total. The number of methoxy groups -OCH3 is 2. The van der Waals surface area contributed by atoms with Gasteiger partial charge in [-0.1, -0.05) is 24.3 Å². The average molecular weight is 478 g/mol. The summed E-state index contributed by atoms with van der Waals surface area (Å²) in [7, 11) is 5.00. The Hall–Kier alpha value is -4.24. The molecule has 0 unspecified atom stereocenters. The highest BCUT2D eigenvalue weighted by atomic mass is 16.7. The molecule has 3 aromatic rings. The van der Waals surface area contributed by atoms with Crippen LogP contribution in [0.15, 0.2) is 60.7 Å². The fourth-order valence-electron chi connectivity index (χ4n) is 3.82. The number of rotatable bonds is 9. The molecule has 1 aliphatic heterocycles. The Morgan fingerprint density at radius 2 is 1.74 bits per heavy atom. The molecular weight excluding hydrogens is 450 g/mol. The van der Waals surface area contributed by atoms with Crippen LogP contribution in [0.5, 0.6) is 23.0 Å². The minimum absolute atomic E-state index is 0.110. The fourth-order valence-corrected chi connectivity index (χ4v) is 3.82. The number of ether oxygens (including phenoxy) is 4. The van der Waals surface area contributed by atoms with Crippen molar-refractivity contribution in [3.8, 4) is 23.0 Å². The van der Waals surface area contributed by atoms with Crippen molar-refractivity contribution in [2.75, 3.05) is 45.2 Å². The van der Waals surface area contributed by atoms with Gasteiger partial charge in [-0.05, 0) is 37.4 Å². The average Bonchev–Trinajstić information content (AvgIpc) is 3.32. The van der Waals surface area contributed by atoms with Gasteiger partial charge in [-0.3, -0.25) is 14.5 Å². The van der Waals surface area contributed by atoms with E-state index in [4.69, 9.17) is 18.9 Å². The van der Waals surface area contributed by atoms with Gasteiger partial charge in [-0.25, -0.2) is 0 Å². The normalized spacial score (nSPS) is 11.8. The van der Waals surface area contributed by atoms with Crippen molar-refractivity contribution in [2.45, 2.75) is 6.54 Å². The summed E-state index contributed by atoms with van der Waals surface area (Å²) in [6, 6.07) is 17.6. The number of amides is 2. The van der Waals surface area contributed by atoms with Gasteiger partial charge in [-0.2, -0.15) is 0 Å². The number of fused-ring (bicyclic) bond motifs is 1. The number of para-hydroxylation sites is 2. The molecule has 0 spiro atoms. The SMILES string of the molecule is COc1cccc(CN(C)CC(=O)Nc2ccccc2C(=O)Nc2ccc3c(c2)OCO3)c1OC. The number of hydrogen-bond acceptors (Lipinski definition) is 7. The molecule has 4 rings (SSSR count). The maximum absolute atomic E-state index is 12.9. The van der Waals surface area contributed by atoms with Gasteiger partial charge in [0.05, 0.1) is 32.0 Å². The minimum Gasteiger partial charge on any atom is -0.493 e. The summed E-state index contributed by atoms with van der Waals surface area (Å²) in [6.45, 7) is 0.735. The molecule has 9 heteroatoms. The molecule has 0 radical (unpaired) electrons. The zero-order valence-corrected chi connectivity index (χ0v) is 19.8. The first-order valence-electron chi connectivity index (χ1n) is 11.0. The number of likely N-dealkylation sites (N-methyl/N-ethyl adjacent to an activating group) is 1. The van der Waals surface area contributed by atoms with Gasteiger partial charge in [0, 0.05) is 23.9 Å². The summed E-state index contributed by atoms with van der Waals surface area (Å²) in [6.07, 6.45) is 0. The van der Waals surface area contributed by atoms with E-state index in [1.165, 1.54) is 0 Å². The standard InChI is InChI=1S/C26H27N3O6/c1-29(14-17-7-6-10-22(32-2)25(17)33-3)15-24(30)28-20-9-5-4-8-19(20)26(31)27-18-11-12-21-23(13-18)35-16-34-21/h4-13H,14-16H2,1-3H3,(H,27,31)(H,28,30). The summed E-state index contributed by atoms with van der Waals surface area (Å²) < 4.78 is 21.5. The molecule has 0 aromatic heterocycles. The van der Waals surface area contributed by atoms with Crippen molar-refractivity contribution in [3.63, 3.8) is 0 Å². The first kappa shape index (κ1) is 23.9. The van der Waals surface area contributed by atoms with Crippen LogP contribution in [0.2, 0.25) is 0 Å². The molecule has 0 fully saturated rings. The Balaban J connectivity index is 1.40. The van der Waals surface area contributed by atoms with Crippen molar-refractivity contribution < 1.29 is 28.5 Å². The highest BCUT2D eigenvalue weighted by Crippen LogP contribution is 2.34. The van der Waals surface area contributed by atoms with Crippen molar-refractivity contribution in [1.29, 1.82) is 0 Å². The Morgan fingerprint density at radius 1 is 0.943 bits per heavy atom. The van der Waals surface area contributed by atoms with Crippen molar-refractivity contribution >= 4 is 23.2 Å². The second kappa shape index (κ2) is 10.8. The molecule has 0 atom stereocenters. The number of hydrogen-bond donors (Lipinski definition) is 2. The third-order valence-electron chi connectivity index (χ3n) is 5.41. The molecule has 2 amide bonds. The Kier molecular flexibility index (Phi) is 7.37. The monoisotopic (exact) mass is 477 g/mol. The summed E-state index contributed by atoms with van der Waals surface area (Å²) in [4.78, 5) is 27.6. The lowest BCUT2D eigenvalue weighted by Crippen LogP contribution is -2.30. The third-order valence-corrected chi connectivity index (χ3v) is 5.41. The van der Waals surface area contributed by atoms with Crippen LogP contribution in [-0.2, 0) is 11.3 Å². The summed E-state index contributed by atoms with van der Waals surface area (Å²) >= 11 is 0. The zero-order chi connectivity index (χ0) is 24.8. The second-order valence-corrected chi connectivity index (χ2v) is 7.94. The van der Waals surface area contributed by atoms with Crippen LogP contribution >= 0.6 is 0 Å². The lowest BCUT2D eigenvalue weighted by molar-refractivity contribution is -0.117. The number of nitrogens with zero attached hydrogens (tertiary/aromatic N) is 1. The van der Waals surface area contributed by atoms with Crippen LogP contribution in [0.4, 0.5) is 11.4 Å². The first-order chi connectivity index (χ1) is 17.0. The van der Waals surface area contributed by atoms with Gasteiger partial charge in [0.2, 0.25) is 12.7 Å². The number of carbonyl (C=O) groups excluding carboxylic acids is 2. The van der Waals surface area contributed by atoms with Gasteiger partial charge in [-0.15, -0.1) is 0 Å². The highest BCUT2D eigenvalue weighted by Gasteiger charge is 2.18. The first-order valence-corrected chi connectivity index (χ1v) is 11.0. The van der Waals surface area contributed by atoms with Gasteiger partial charge < -0.3 is 29.6 Å². The molecule has 3 aromatic carbocycles. The van der Waals surface area contributed by atoms with E-state index in [0.29, 0.717) is 46.5 Å². The Bertz CT molecular complexity index is 1230. The van der Waals surface area contributed by atoms with Gasteiger partial charge in [0.25, 0.3) is 5.91 Å². The Labute approximate surface area is 203 Å². The van der Waals surface area contributed by atoms with Crippen LogP contribution in [0, 0.1) is 0 Å². The van der Waals surface area contributed by atoms with E-state index in [2.05, 4.69) is 10.6 Å². The molecule has 0 bridgehead atoms. The third kappa shape index (κ3) is 5.64. The zero-order valence-electron chi connectivity index (χ0n) is 19.8. The van der Waals surface area contributed by atoms with Crippen LogP contribution in [0.1, 0.15) is 15.9 Å². The van der Waals surface area contributed by atoms with Gasteiger partial charge in [0.15, 0.2) is 23.0 Å². The second-order valence-electron chi connectivity index (χ2n) is 7.94. The summed E-state index contributed by atoms with van der Waals surface area (Å²) in [5.41, 5.74) is 2.22. The lowest BCUT2D eigenvalue weighted by atomic mass is 10.1. The highest BCUT2D eigenvalue weighted by molar-refractivity contribution is 6.10. The van der Waals surface area contributed by atoms with Crippen LogP contribution in [0.3, 0.4) is 0 Å². The molecule has 0 saturated carbocycles. The quantitative estimate of drug-likeness (QED) is 0.484. The maximum Gasteiger partial charge on any atom is 0.257 e. The number of anilines is 2. The van der Waals surface area contributed by atoms with E-state index >= 15 is 0 Å². The van der Waals surface area contributed by atoms with Crippen molar-refractivity contribution in [3.05, 3.63) is 71.8 Å². The molecule has 1 aliphatic rings. The smallest absolute Gasteiger partial charge is 0.257 e. The predicted molar refractivity (Wildman–Crippen MR) is 131 cm³/mol. The lowest BCUT2D eigenvalue weighted by Gasteiger charge is -2.19. The summed E-state index contributed by atoms with van der Waals surface area (Å²) in [5, 5.41) is 5.68. The number of carbonyl (C=O) groups is 2. The van der Waals surface area contributed by atoms with Gasteiger partial charge >= 0.3 is 0 Å². The van der Waals surface area contributed by atoms with Crippen LogP contribution in [0.25, 0.3) is 0 Å². The van der Waals surface area contributed by atoms with E-state index < -0.39 is 0 Å². The molecular formula is C26H27N3O6. The van der Waals surface area contributed by atoms with Crippen LogP contribution < -0.4 is 29.6 Å². The van der Waals surface area contributed by atoms with E-state index in [1.807, 2.05) is 30.1 Å². The molecule has 2 N–H and O–H groups in total. The van der Waals surface area contributed by atoms with E-state index in [1.54, 1.807) is 56.7 Å². The van der Waals surface area contributed by atoms with Gasteiger partial charge in [0.1, 0.15) is 0 Å². The van der Waals surface area contributed by atoms with Crippen molar-refractivity contribution in [2.24, 2.45) is 0 Å². The molecule has 0 aliphatic carbocycles. The Morgan fingerprint density at radius 3 is 2.54 bits per heavy atom. The maximum atomic E-state index is 12.9. The predicted octanol–water partition coefficient (Wildman–Crippen LogP) is 3.76. The molecule has 35 heavy (non-hydrogen) atoms. The van der Waals surface area contributed by atoms with Crippen LogP contribution in [-0.4, -0.2) is 51.3 Å². The molecule has 0 saturated heterocycles. The largest absolute Gasteiger partial charge is 0.493 e. The molecule has 182 valence electrons.